The Bertz CT molecular complexity index is 292. The van der Waals surface area contributed by atoms with Gasteiger partial charge in [0.25, 0.3) is 0 Å². The van der Waals surface area contributed by atoms with Crippen LogP contribution in [0.2, 0.25) is 0 Å². The Morgan fingerprint density at radius 1 is 1.40 bits per heavy atom. The van der Waals surface area contributed by atoms with E-state index in [4.69, 9.17) is 10.3 Å². The smallest absolute Gasteiger partial charge is 0.162 e. The third kappa shape index (κ3) is 2.50. The Balaban J connectivity index is 2.02. The zero-order valence-corrected chi connectivity index (χ0v) is 9.04. The van der Waals surface area contributed by atoms with E-state index in [1.165, 1.54) is 32.1 Å². The highest BCUT2D eigenvalue weighted by atomic mass is 16.5. The van der Waals surface area contributed by atoms with Gasteiger partial charge in [0, 0.05) is 19.0 Å². The van der Waals surface area contributed by atoms with Crippen molar-refractivity contribution in [3.05, 3.63) is 12.0 Å². The molecular weight excluding hydrogens is 190 g/mol. The number of nitrogens with two attached hydrogens (primary N) is 1. The summed E-state index contributed by atoms with van der Waals surface area (Å²) >= 11 is 0. The van der Waals surface area contributed by atoms with E-state index < -0.39 is 0 Å². The molecule has 0 aliphatic heterocycles. The van der Waals surface area contributed by atoms with Gasteiger partial charge in [0.2, 0.25) is 0 Å². The lowest BCUT2D eigenvalue weighted by Crippen LogP contribution is -2.14. The fourth-order valence-corrected chi connectivity index (χ4v) is 2.25. The van der Waals surface area contributed by atoms with Gasteiger partial charge in [0.15, 0.2) is 5.76 Å². The van der Waals surface area contributed by atoms with E-state index in [0.29, 0.717) is 12.5 Å². The number of nitrogens with one attached hydrogen (secondary N) is 1. The fourth-order valence-electron chi connectivity index (χ4n) is 2.25. The molecule has 2 rings (SSSR count). The van der Waals surface area contributed by atoms with Gasteiger partial charge in [-0.25, -0.2) is 0 Å². The molecular formula is C11H19N3O. The second-order valence-corrected chi connectivity index (χ2v) is 4.15. The Hall–Kier alpha value is -1.03. The van der Waals surface area contributed by atoms with Crippen molar-refractivity contribution in [1.29, 1.82) is 0 Å². The second kappa shape index (κ2) is 5.16. The summed E-state index contributed by atoms with van der Waals surface area (Å²) in [5.74, 6) is 1.59. The number of rotatable bonds is 4. The number of aromatic nitrogens is 1. The Morgan fingerprint density at radius 2 is 2.20 bits per heavy atom. The molecule has 1 aromatic heterocycles. The molecule has 4 nitrogen and oxygen atoms in total. The van der Waals surface area contributed by atoms with Gasteiger partial charge in [0.05, 0.1) is 11.9 Å². The standard InChI is InChI=1S/C11H19N3O/c12-6-7-13-10-8-14-15-11(10)9-4-2-1-3-5-9/h8-9,13H,1-7,12H2. The molecule has 84 valence electrons. The summed E-state index contributed by atoms with van der Waals surface area (Å²) in [5, 5.41) is 7.13. The molecule has 1 fully saturated rings. The van der Waals surface area contributed by atoms with Crippen LogP contribution in [-0.2, 0) is 0 Å². The molecule has 0 saturated heterocycles. The summed E-state index contributed by atoms with van der Waals surface area (Å²) in [6, 6.07) is 0. The molecule has 0 unspecified atom stereocenters. The van der Waals surface area contributed by atoms with Gasteiger partial charge in [-0.3, -0.25) is 0 Å². The lowest BCUT2D eigenvalue weighted by atomic mass is 9.87. The van der Waals surface area contributed by atoms with E-state index in [-0.39, 0.29) is 0 Å². The molecule has 1 aliphatic carbocycles. The molecule has 4 heteroatoms. The summed E-state index contributed by atoms with van der Waals surface area (Å²) in [6.07, 6.45) is 8.19. The van der Waals surface area contributed by atoms with Crippen LogP contribution in [-0.4, -0.2) is 18.2 Å². The third-order valence-electron chi connectivity index (χ3n) is 3.03. The van der Waals surface area contributed by atoms with Gasteiger partial charge in [-0.05, 0) is 12.8 Å². The van der Waals surface area contributed by atoms with Crippen LogP contribution < -0.4 is 11.1 Å². The minimum Gasteiger partial charge on any atom is -0.380 e. The first kappa shape index (κ1) is 10.5. The first-order valence-corrected chi connectivity index (χ1v) is 5.80. The Morgan fingerprint density at radius 3 is 2.93 bits per heavy atom. The van der Waals surface area contributed by atoms with Crippen molar-refractivity contribution in [3.63, 3.8) is 0 Å². The van der Waals surface area contributed by atoms with Crippen molar-refractivity contribution < 1.29 is 4.52 Å². The van der Waals surface area contributed by atoms with Crippen LogP contribution in [0.15, 0.2) is 10.7 Å². The van der Waals surface area contributed by atoms with Gasteiger partial charge >= 0.3 is 0 Å². The normalized spacial score (nSPS) is 17.9. The van der Waals surface area contributed by atoms with Crippen molar-refractivity contribution >= 4 is 5.69 Å². The molecule has 1 heterocycles. The number of hydrogen-bond donors (Lipinski definition) is 2. The van der Waals surface area contributed by atoms with E-state index in [9.17, 15) is 0 Å². The van der Waals surface area contributed by atoms with Crippen molar-refractivity contribution in [2.45, 2.75) is 38.0 Å². The first-order valence-electron chi connectivity index (χ1n) is 5.80. The van der Waals surface area contributed by atoms with Crippen LogP contribution in [0, 0.1) is 0 Å². The lowest BCUT2D eigenvalue weighted by Gasteiger charge is -2.19. The predicted molar refractivity (Wildman–Crippen MR) is 59.9 cm³/mol. The zero-order valence-electron chi connectivity index (χ0n) is 9.04. The van der Waals surface area contributed by atoms with E-state index in [1.807, 2.05) is 0 Å². The van der Waals surface area contributed by atoms with Gasteiger partial charge in [-0.15, -0.1) is 0 Å². The van der Waals surface area contributed by atoms with Crippen LogP contribution in [0.4, 0.5) is 5.69 Å². The largest absolute Gasteiger partial charge is 0.380 e. The first-order chi connectivity index (χ1) is 7.42. The maximum atomic E-state index is 5.46. The predicted octanol–water partition coefficient (Wildman–Crippen LogP) is 2.09. The van der Waals surface area contributed by atoms with Crippen LogP contribution in [0.3, 0.4) is 0 Å². The van der Waals surface area contributed by atoms with Gasteiger partial charge in [-0.2, -0.15) is 0 Å². The molecule has 0 spiro atoms. The van der Waals surface area contributed by atoms with Crippen LogP contribution >= 0.6 is 0 Å². The number of anilines is 1. The minimum absolute atomic E-state index is 0.557. The topological polar surface area (TPSA) is 64.1 Å². The Kier molecular flexibility index (Phi) is 3.61. The molecule has 1 saturated carbocycles. The van der Waals surface area contributed by atoms with Crippen LogP contribution in [0.1, 0.15) is 43.8 Å². The van der Waals surface area contributed by atoms with E-state index >= 15 is 0 Å². The van der Waals surface area contributed by atoms with Crippen LogP contribution in [0.25, 0.3) is 0 Å². The average molecular weight is 209 g/mol. The average Bonchev–Trinajstić information content (AvgIpc) is 2.75. The molecule has 0 aromatic carbocycles. The van der Waals surface area contributed by atoms with E-state index in [1.54, 1.807) is 6.20 Å². The quantitative estimate of drug-likeness (QED) is 0.797. The Labute approximate surface area is 90.2 Å². The molecule has 1 aromatic rings. The SMILES string of the molecule is NCCNc1cnoc1C1CCCCC1. The third-order valence-corrected chi connectivity index (χ3v) is 3.03. The summed E-state index contributed by atoms with van der Waals surface area (Å²) in [5.41, 5.74) is 6.49. The summed E-state index contributed by atoms with van der Waals surface area (Å²) in [6.45, 7) is 1.41. The zero-order chi connectivity index (χ0) is 10.5. The van der Waals surface area contributed by atoms with Crippen molar-refractivity contribution in [2.24, 2.45) is 5.73 Å². The summed E-state index contributed by atoms with van der Waals surface area (Å²) < 4.78 is 5.35. The highest BCUT2D eigenvalue weighted by molar-refractivity contribution is 5.46. The lowest BCUT2D eigenvalue weighted by molar-refractivity contribution is 0.322. The molecule has 0 radical (unpaired) electrons. The summed E-state index contributed by atoms with van der Waals surface area (Å²) in [4.78, 5) is 0. The number of nitrogens with zero attached hydrogens (tertiary/aromatic N) is 1. The second-order valence-electron chi connectivity index (χ2n) is 4.15. The van der Waals surface area contributed by atoms with Gasteiger partial charge in [0.1, 0.15) is 0 Å². The molecule has 15 heavy (non-hydrogen) atoms. The fraction of sp³-hybridized carbons (Fsp3) is 0.727. The molecule has 0 amide bonds. The van der Waals surface area contributed by atoms with Gasteiger partial charge < -0.3 is 15.6 Å². The monoisotopic (exact) mass is 209 g/mol. The van der Waals surface area contributed by atoms with Gasteiger partial charge in [-0.1, -0.05) is 24.4 Å². The van der Waals surface area contributed by atoms with Crippen molar-refractivity contribution in [1.82, 2.24) is 5.16 Å². The van der Waals surface area contributed by atoms with Crippen LogP contribution in [0.5, 0.6) is 0 Å². The van der Waals surface area contributed by atoms with Crippen molar-refractivity contribution in [3.8, 4) is 0 Å². The molecule has 1 aliphatic rings. The highest BCUT2D eigenvalue weighted by Gasteiger charge is 2.22. The maximum Gasteiger partial charge on any atom is 0.162 e. The molecule has 0 bridgehead atoms. The van der Waals surface area contributed by atoms with E-state index in [0.717, 1.165) is 18.0 Å². The highest BCUT2D eigenvalue weighted by Crippen LogP contribution is 2.36. The number of hydrogen-bond acceptors (Lipinski definition) is 4. The molecule has 3 N–H and O–H groups in total. The maximum absolute atomic E-state index is 5.46. The molecule has 0 atom stereocenters. The van der Waals surface area contributed by atoms with Crippen molar-refractivity contribution in [2.75, 3.05) is 18.4 Å². The van der Waals surface area contributed by atoms with E-state index in [2.05, 4.69) is 10.5 Å². The minimum atomic E-state index is 0.557. The summed E-state index contributed by atoms with van der Waals surface area (Å²) in [7, 11) is 0.